The normalized spacial score (nSPS) is 20.4. The fraction of sp³-hybridized carbons (Fsp3) is 0. The minimum atomic E-state index is -11.2. The maximum absolute atomic E-state index is 11.2. The van der Waals surface area contributed by atoms with Gasteiger partial charge in [-0.2, -0.15) is 0 Å². The molecule has 0 atom stereocenters. The molecule has 0 fully saturated rings. The summed E-state index contributed by atoms with van der Waals surface area (Å²) in [7, 11) is 0. The van der Waals surface area contributed by atoms with Crippen LogP contribution in [0, 0.1) is 4.58 Å². The van der Waals surface area contributed by atoms with E-state index in [1.54, 1.807) is 0 Å². The Morgan fingerprint density at radius 3 is 1.76 bits per heavy atom. The molecule has 1 aromatic rings. The van der Waals surface area contributed by atoms with Crippen LogP contribution in [0.25, 0.3) is 0 Å². The van der Waals surface area contributed by atoms with Gasteiger partial charge in [-0.1, -0.05) is 0 Å². The maximum atomic E-state index is 9.93. The van der Waals surface area contributed by atoms with Crippen molar-refractivity contribution in [1.82, 2.24) is 0 Å². The van der Waals surface area contributed by atoms with E-state index < -0.39 is 19.5 Å². The summed E-state index contributed by atoms with van der Waals surface area (Å²) < 4.78 is 62.4. The third-order valence-electron chi connectivity index (χ3n) is 0.978. The van der Waals surface area contributed by atoms with Crippen LogP contribution in [0.1, 0.15) is 4.19 Å². The van der Waals surface area contributed by atoms with E-state index in [0.717, 1.165) is 0 Å². The Kier molecular flexibility index (Phi) is 4.48. The van der Waals surface area contributed by atoms with Gasteiger partial charge in [-0.3, -0.25) is 0 Å². The fourth-order valence-corrected chi connectivity index (χ4v) is 4.64. The van der Waals surface area contributed by atoms with Crippen LogP contribution in [-0.2, 0) is 0 Å². The Balaban J connectivity index is 0.000000185. The summed E-state index contributed by atoms with van der Waals surface area (Å²) in [6.07, 6.45) is 0. The SMILES string of the molecule is C1=CS[C](c2scc[s+]2)S1.[F][Sb-]([F])([F])([F])([F])[F]. The summed E-state index contributed by atoms with van der Waals surface area (Å²) in [6.45, 7) is 0. The van der Waals surface area contributed by atoms with Crippen LogP contribution in [-0.4, -0.2) is 19.5 Å². The topological polar surface area (TPSA) is 0 Å². The number of hydrogen-bond donors (Lipinski definition) is 0. The first kappa shape index (κ1) is 15.9. The number of hydrogen-bond acceptors (Lipinski definition) is 3. The fourth-order valence-electron chi connectivity index (χ4n) is 0.606. The van der Waals surface area contributed by atoms with E-state index in [-0.39, 0.29) is 0 Å². The van der Waals surface area contributed by atoms with Crippen molar-refractivity contribution < 1.29 is 16.9 Å². The van der Waals surface area contributed by atoms with E-state index in [2.05, 4.69) is 21.6 Å². The van der Waals surface area contributed by atoms with Crippen molar-refractivity contribution in [3.63, 3.8) is 0 Å². The van der Waals surface area contributed by atoms with Crippen LogP contribution in [0.2, 0.25) is 0 Å². The first-order chi connectivity index (χ1) is 7.42. The zero-order valence-corrected chi connectivity index (χ0v) is 13.5. The Morgan fingerprint density at radius 1 is 0.941 bits per heavy atom. The molecule has 0 spiro atoms. The van der Waals surface area contributed by atoms with E-state index in [4.69, 9.17) is 0 Å². The molecule has 0 N–H and O–H groups in total. The van der Waals surface area contributed by atoms with Crippen molar-refractivity contribution in [3.8, 4) is 0 Å². The van der Waals surface area contributed by atoms with Crippen LogP contribution < -0.4 is 0 Å². The predicted molar refractivity (Wildman–Crippen MR) is 65.7 cm³/mol. The molecule has 2 heterocycles. The molecule has 99 valence electrons. The molecule has 0 amide bonds. The van der Waals surface area contributed by atoms with Crippen molar-refractivity contribution in [2.45, 2.75) is 0 Å². The zero-order chi connectivity index (χ0) is 13.2. The summed E-state index contributed by atoms with van der Waals surface area (Å²) >= 11 is -3.97. The molecule has 17 heavy (non-hydrogen) atoms. The first-order valence-corrected chi connectivity index (χ1v) is 13.0. The van der Waals surface area contributed by atoms with Crippen molar-refractivity contribution >= 4 is 65.7 Å². The van der Waals surface area contributed by atoms with Gasteiger partial charge in [0.2, 0.25) is 0 Å². The molecular weight excluding hydrogens is 436 g/mol. The van der Waals surface area contributed by atoms with Gasteiger partial charge in [0.25, 0.3) is 4.19 Å². The molecule has 0 bridgehead atoms. The molecule has 0 saturated heterocycles. The van der Waals surface area contributed by atoms with Gasteiger partial charge < -0.3 is 0 Å². The van der Waals surface area contributed by atoms with Gasteiger partial charge in [-0.15, -0.1) is 23.5 Å². The third kappa shape index (κ3) is 10.5. The zero-order valence-electron chi connectivity index (χ0n) is 7.66. The van der Waals surface area contributed by atoms with Crippen LogP contribution in [0.4, 0.5) is 16.9 Å². The quantitative estimate of drug-likeness (QED) is 0.298. The first-order valence-electron chi connectivity index (χ1n) is 3.69. The third-order valence-corrected chi connectivity index (χ3v) is 5.76. The summed E-state index contributed by atoms with van der Waals surface area (Å²) in [5, 5.41) is 8.53. The van der Waals surface area contributed by atoms with E-state index >= 15 is 0 Å². The van der Waals surface area contributed by atoms with Crippen LogP contribution in [0.15, 0.2) is 21.6 Å². The van der Waals surface area contributed by atoms with Gasteiger partial charge in [-0.25, -0.2) is 0 Å². The summed E-state index contributed by atoms with van der Waals surface area (Å²) in [6, 6.07) is 0. The molecule has 0 saturated carbocycles. The van der Waals surface area contributed by atoms with Gasteiger partial charge in [-0.05, 0) is 10.8 Å². The number of thioether (sulfide) groups is 2. The number of rotatable bonds is 1. The molecule has 0 aromatic carbocycles. The second-order valence-electron chi connectivity index (χ2n) is 2.55. The van der Waals surface area contributed by atoms with Gasteiger partial charge >= 0.3 is 36.4 Å². The molecule has 1 aliphatic heterocycles. The predicted octanol–water partition coefficient (Wildman–Crippen LogP) is 6.02. The second kappa shape index (κ2) is 4.77. The molecule has 1 aliphatic rings. The van der Waals surface area contributed by atoms with E-state index in [9.17, 15) is 16.9 Å². The molecule has 1 radical (unpaired) electrons. The molecule has 11 heteroatoms. The molecule has 0 nitrogen and oxygen atoms in total. The average molecular weight is 440 g/mol. The number of halogens is 6. The van der Waals surface area contributed by atoms with Crippen molar-refractivity contribution in [2.75, 3.05) is 0 Å². The molecule has 0 unspecified atom stereocenters. The van der Waals surface area contributed by atoms with Gasteiger partial charge in [0, 0.05) is 0 Å². The van der Waals surface area contributed by atoms with Crippen LogP contribution in [0.5, 0.6) is 0 Å². The minimum absolute atomic E-state index is 1.43. The molecule has 2 rings (SSSR count). The van der Waals surface area contributed by atoms with Crippen LogP contribution in [0.3, 0.4) is 0 Å². The second-order valence-corrected chi connectivity index (χ2v) is 12.2. The van der Waals surface area contributed by atoms with Crippen molar-refractivity contribution in [3.05, 3.63) is 30.3 Å². The van der Waals surface area contributed by atoms with E-state index in [1.165, 1.54) is 8.77 Å². The average Bonchev–Trinajstić information content (AvgIpc) is 2.70. The Bertz CT molecular complexity index is 375. The standard InChI is InChI=1S/C6H4S4.6FH.Sb/c1-2-8-5(7-1)6-9-3-4-10-6;;;;;;;/h1-4H;6*1H;/q+1;;;;;;;+5/p-6. The van der Waals surface area contributed by atoms with Crippen molar-refractivity contribution in [1.29, 1.82) is 0 Å². The molecular formula is C6H4F6S4Sb. The molecule has 0 aliphatic carbocycles. The van der Waals surface area contributed by atoms with Gasteiger partial charge in [0.15, 0.2) is 4.58 Å². The Hall–Kier alpha value is 0.888. The van der Waals surface area contributed by atoms with E-state index in [0.29, 0.717) is 0 Å². The summed E-state index contributed by atoms with van der Waals surface area (Å²) in [4.78, 5) is 0. The van der Waals surface area contributed by atoms with Crippen molar-refractivity contribution in [2.24, 2.45) is 0 Å². The monoisotopic (exact) mass is 439 g/mol. The molecule has 1 aromatic heterocycles. The van der Waals surface area contributed by atoms with E-state index in [1.807, 2.05) is 46.2 Å². The van der Waals surface area contributed by atoms with Gasteiger partial charge in [0.1, 0.15) is 10.8 Å². The van der Waals surface area contributed by atoms with Gasteiger partial charge in [0.05, 0.1) is 22.7 Å². The summed E-state index contributed by atoms with van der Waals surface area (Å²) in [5.41, 5.74) is 0. The summed E-state index contributed by atoms with van der Waals surface area (Å²) in [5.74, 6) is 0. The Morgan fingerprint density at radius 2 is 1.41 bits per heavy atom. The Labute approximate surface area is 112 Å². The van der Waals surface area contributed by atoms with Crippen LogP contribution >= 0.6 is 46.2 Å².